The topological polar surface area (TPSA) is 78.6 Å². The third-order valence-corrected chi connectivity index (χ3v) is 3.45. The van der Waals surface area contributed by atoms with Gasteiger partial charge in [0.05, 0.1) is 6.61 Å². The van der Waals surface area contributed by atoms with Crippen molar-refractivity contribution in [2.45, 2.75) is 6.54 Å². The lowest BCUT2D eigenvalue weighted by Gasteiger charge is -2.18. The summed E-state index contributed by atoms with van der Waals surface area (Å²) in [5.74, 6) is -0.418. The summed E-state index contributed by atoms with van der Waals surface area (Å²) in [5.41, 5.74) is 8.83. The molecule has 116 valence electrons. The lowest BCUT2D eigenvalue weighted by atomic mass is 10.1. The van der Waals surface area contributed by atoms with Crippen LogP contribution in [0.2, 0.25) is 0 Å². The van der Waals surface area contributed by atoms with Gasteiger partial charge in [-0.1, -0.05) is 12.1 Å². The van der Waals surface area contributed by atoms with E-state index in [4.69, 9.17) is 10.8 Å². The van der Waals surface area contributed by atoms with Crippen molar-refractivity contribution >= 4 is 17.3 Å². The van der Waals surface area contributed by atoms with Gasteiger partial charge in [0, 0.05) is 37.1 Å². The van der Waals surface area contributed by atoms with Crippen molar-refractivity contribution in [2.75, 3.05) is 30.4 Å². The van der Waals surface area contributed by atoms with E-state index < -0.39 is 5.91 Å². The molecule has 2 aromatic rings. The number of rotatable bonds is 7. The van der Waals surface area contributed by atoms with Gasteiger partial charge in [0.15, 0.2) is 0 Å². The molecule has 5 heteroatoms. The molecule has 0 aliphatic rings. The highest BCUT2D eigenvalue weighted by Gasteiger charge is 2.02. The highest BCUT2D eigenvalue weighted by Crippen LogP contribution is 2.17. The number of nitrogens with zero attached hydrogens (tertiary/aromatic N) is 1. The second kappa shape index (κ2) is 7.47. The highest BCUT2D eigenvalue weighted by molar-refractivity contribution is 5.92. The van der Waals surface area contributed by atoms with E-state index in [2.05, 4.69) is 5.32 Å². The molecule has 4 N–H and O–H groups in total. The van der Waals surface area contributed by atoms with E-state index in [1.165, 1.54) is 0 Å². The van der Waals surface area contributed by atoms with Crippen molar-refractivity contribution in [3.8, 4) is 0 Å². The fourth-order valence-electron chi connectivity index (χ4n) is 2.15. The highest BCUT2D eigenvalue weighted by atomic mass is 16.3. The first-order chi connectivity index (χ1) is 10.6. The average molecular weight is 299 g/mol. The molecule has 0 bridgehead atoms. The number of hydrogen-bond donors (Lipinski definition) is 3. The molecule has 0 fully saturated rings. The van der Waals surface area contributed by atoms with Crippen molar-refractivity contribution in [3.05, 3.63) is 59.7 Å². The number of nitrogens with one attached hydrogen (secondary N) is 1. The fourth-order valence-corrected chi connectivity index (χ4v) is 2.15. The maximum absolute atomic E-state index is 11.2. The maximum Gasteiger partial charge on any atom is 0.248 e. The quantitative estimate of drug-likeness (QED) is 0.729. The molecule has 0 heterocycles. The molecule has 0 unspecified atom stereocenters. The van der Waals surface area contributed by atoms with Gasteiger partial charge in [-0.15, -0.1) is 0 Å². The van der Waals surface area contributed by atoms with Crippen LogP contribution in [0.15, 0.2) is 48.5 Å². The van der Waals surface area contributed by atoms with Crippen molar-refractivity contribution < 1.29 is 9.90 Å². The van der Waals surface area contributed by atoms with Crippen LogP contribution in [0.4, 0.5) is 11.4 Å². The molecule has 0 radical (unpaired) electrons. The number of likely N-dealkylation sites (N-methyl/N-ethyl adjacent to an activating group) is 1. The van der Waals surface area contributed by atoms with Gasteiger partial charge in [-0.2, -0.15) is 0 Å². The molecule has 2 aromatic carbocycles. The summed E-state index contributed by atoms with van der Waals surface area (Å²) in [6, 6.07) is 15.2. The molecule has 5 nitrogen and oxygen atoms in total. The van der Waals surface area contributed by atoms with Gasteiger partial charge in [0.2, 0.25) is 5.91 Å². The summed E-state index contributed by atoms with van der Waals surface area (Å²) >= 11 is 0. The van der Waals surface area contributed by atoms with Crippen LogP contribution in [0.25, 0.3) is 0 Å². The van der Waals surface area contributed by atoms with Crippen LogP contribution >= 0.6 is 0 Å². The van der Waals surface area contributed by atoms with Gasteiger partial charge in [0.25, 0.3) is 0 Å². The Kier molecular flexibility index (Phi) is 5.38. The maximum atomic E-state index is 11.2. The molecule has 22 heavy (non-hydrogen) atoms. The number of aliphatic hydroxyl groups excluding tert-OH is 1. The largest absolute Gasteiger partial charge is 0.395 e. The molecule has 1 amide bonds. The van der Waals surface area contributed by atoms with E-state index in [0.29, 0.717) is 18.7 Å². The first kappa shape index (κ1) is 15.9. The number of hydrogen-bond acceptors (Lipinski definition) is 4. The molecule has 0 spiro atoms. The van der Waals surface area contributed by atoms with Crippen molar-refractivity contribution in [3.63, 3.8) is 0 Å². The third kappa shape index (κ3) is 4.23. The van der Waals surface area contributed by atoms with E-state index in [9.17, 15) is 4.79 Å². The second-order valence-electron chi connectivity index (χ2n) is 5.11. The van der Waals surface area contributed by atoms with E-state index in [1.54, 1.807) is 12.1 Å². The minimum absolute atomic E-state index is 0.132. The Morgan fingerprint density at radius 1 is 1.23 bits per heavy atom. The molecule has 0 aliphatic carbocycles. The van der Waals surface area contributed by atoms with E-state index >= 15 is 0 Å². The lowest BCUT2D eigenvalue weighted by molar-refractivity contribution is 0.1000. The fraction of sp³-hybridized carbons (Fsp3) is 0.235. The number of carbonyl (C=O) groups excluding carboxylic acids is 1. The van der Waals surface area contributed by atoms with E-state index in [1.807, 2.05) is 48.3 Å². The summed E-state index contributed by atoms with van der Waals surface area (Å²) in [4.78, 5) is 13.1. The predicted molar refractivity (Wildman–Crippen MR) is 89.1 cm³/mol. The standard InChI is InChI=1S/C17H21N3O2/c1-20(9-10-21)16-7-5-15(6-8-16)19-12-13-3-2-4-14(11-13)17(18)22/h2-8,11,19,21H,9-10,12H2,1H3,(H2,18,22). The number of anilines is 2. The van der Waals surface area contributed by atoms with Crippen molar-refractivity contribution in [1.82, 2.24) is 0 Å². The summed E-state index contributed by atoms with van der Waals surface area (Å²) < 4.78 is 0. The van der Waals surface area contributed by atoms with Crippen LogP contribution in [0, 0.1) is 0 Å². The number of amides is 1. The zero-order valence-electron chi connectivity index (χ0n) is 12.6. The van der Waals surface area contributed by atoms with Crippen LogP contribution in [-0.2, 0) is 6.54 Å². The van der Waals surface area contributed by atoms with Gasteiger partial charge < -0.3 is 21.1 Å². The number of benzene rings is 2. The van der Waals surface area contributed by atoms with Gasteiger partial charge in [-0.3, -0.25) is 4.79 Å². The average Bonchev–Trinajstić information content (AvgIpc) is 2.54. The van der Waals surface area contributed by atoms with Crippen LogP contribution in [0.3, 0.4) is 0 Å². The van der Waals surface area contributed by atoms with E-state index in [0.717, 1.165) is 16.9 Å². The van der Waals surface area contributed by atoms with Crippen LogP contribution < -0.4 is 16.0 Å². The predicted octanol–water partition coefficient (Wildman–Crippen LogP) is 1.83. The number of nitrogens with two attached hydrogens (primary N) is 1. The zero-order valence-corrected chi connectivity index (χ0v) is 12.6. The first-order valence-electron chi connectivity index (χ1n) is 7.15. The Morgan fingerprint density at radius 3 is 2.59 bits per heavy atom. The minimum Gasteiger partial charge on any atom is -0.395 e. The van der Waals surface area contributed by atoms with Gasteiger partial charge in [0.1, 0.15) is 0 Å². The third-order valence-electron chi connectivity index (χ3n) is 3.45. The van der Waals surface area contributed by atoms with Crippen molar-refractivity contribution in [2.24, 2.45) is 5.73 Å². The summed E-state index contributed by atoms with van der Waals surface area (Å²) in [5, 5.41) is 12.2. The van der Waals surface area contributed by atoms with Crippen molar-refractivity contribution in [1.29, 1.82) is 0 Å². The number of carbonyl (C=O) groups is 1. The summed E-state index contributed by atoms with van der Waals surface area (Å²) in [6.07, 6.45) is 0. The molecular formula is C17H21N3O2. The van der Waals surface area contributed by atoms with Crippen LogP contribution in [0.5, 0.6) is 0 Å². The molecular weight excluding hydrogens is 278 g/mol. The Morgan fingerprint density at radius 2 is 1.95 bits per heavy atom. The number of aliphatic hydroxyl groups is 1. The van der Waals surface area contributed by atoms with Crippen LogP contribution in [0.1, 0.15) is 15.9 Å². The Balaban J connectivity index is 1.97. The molecule has 0 saturated carbocycles. The molecule has 0 saturated heterocycles. The first-order valence-corrected chi connectivity index (χ1v) is 7.15. The smallest absolute Gasteiger partial charge is 0.248 e. The summed E-state index contributed by atoms with van der Waals surface area (Å²) in [6.45, 7) is 1.35. The molecule has 2 rings (SSSR count). The minimum atomic E-state index is -0.418. The van der Waals surface area contributed by atoms with Gasteiger partial charge in [-0.05, 0) is 42.0 Å². The molecule has 0 atom stereocenters. The molecule has 0 aliphatic heterocycles. The van der Waals surface area contributed by atoms with Gasteiger partial charge in [-0.25, -0.2) is 0 Å². The SMILES string of the molecule is CN(CCO)c1ccc(NCc2cccc(C(N)=O)c2)cc1. The monoisotopic (exact) mass is 299 g/mol. The van der Waals surface area contributed by atoms with E-state index in [-0.39, 0.29) is 6.61 Å². The Labute approximate surface area is 130 Å². The zero-order chi connectivity index (χ0) is 15.9. The number of primary amides is 1. The summed E-state index contributed by atoms with van der Waals surface area (Å²) in [7, 11) is 1.94. The Hall–Kier alpha value is -2.53. The van der Waals surface area contributed by atoms with Crippen LogP contribution in [-0.4, -0.2) is 31.2 Å². The Bertz CT molecular complexity index is 626. The second-order valence-corrected chi connectivity index (χ2v) is 5.11. The molecule has 0 aromatic heterocycles. The van der Waals surface area contributed by atoms with Gasteiger partial charge >= 0.3 is 0 Å². The lowest BCUT2D eigenvalue weighted by Crippen LogP contribution is -2.20. The normalized spacial score (nSPS) is 10.3.